The van der Waals surface area contributed by atoms with Gasteiger partial charge in [-0.25, -0.2) is 4.79 Å². The Bertz CT molecular complexity index is 568. The van der Waals surface area contributed by atoms with Crippen LogP contribution < -0.4 is 5.32 Å². The van der Waals surface area contributed by atoms with Crippen LogP contribution in [0.4, 0.5) is 5.69 Å². The van der Waals surface area contributed by atoms with E-state index < -0.39 is 11.5 Å². The molecule has 0 aromatic heterocycles. The largest absolute Gasteiger partial charge is 0.479 e. The van der Waals surface area contributed by atoms with Crippen LogP contribution in [0.3, 0.4) is 0 Å². The number of nitrogens with one attached hydrogen (secondary N) is 1. The van der Waals surface area contributed by atoms with Crippen molar-refractivity contribution in [1.82, 2.24) is 0 Å². The van der Waals surface area contributed by atoms with Crippen molar-refractivity contribution in [3.05, 3.63) is 63.7 Å². The van der Waals surface area contributed by atoms with Gasteiger partial charge >= 0.3 is 5.97 Å². The SMILES string of the molecule is CC(Nc1ccccc1)(C(=O)O)c1ccc(I)cc1. The third kappa shape index (κ3) is 3.07. The molecule has 1 atom stereocenters. The zero-order chi connectivity index (χ0) is 13.9. The molecule has 0 fully saturated rings. The fourth-order valence-electron chi connectivity index (χ4n) is 1.84. The minimum Gasteiger partial charge on any atom is -0.479 e. The van der Waals surface area contributed by atoms with Gasteiger partial charge in [0.25, 0.3) is 0 Å². The molecule has 4 heteroatoms. The van der Waals surface area contributed by atoms with E-state index in [4.69, 9.17) is 0 Å². The van der Waals surface area contributed by atoms with Crippen molar-refractivity contribution in [3.8, 4) is 0 Å². The molecule has 19 heavy (non-hydrogen) atoms. The molecule has 2 aromatic rings. The number of aliphatic carboxylic acids is 1. The maximum absolute atomic E-state index is 11.6. The van der Waals surface area contributed by atoms with Crippen molar-refractivity contribution >= 4 is 34.2 Å². The van der Waals surface area contributed by atoms with Gasteiger partial charge in [0.15, 0.2) is 5.54 Å². The minimum atomic E-state index is -1.15. The molecule has 0 saturated carbocycles. The molecule has 0 aliphatic rings. The number of hydrogen-bond acceptors (Lipinski definition) is 2. The summed E-state index contributed by atoms with van der Waals surface area (Å²) in [4.78, 5) is 11.6. The summed E-state index contributed by atoms with van der Waals surface area (Å²) < 4.78 is 1.08. The van der Waals surface area contributed by atoms with Gasteiger partial charge in [-0.1, -0.05) is 30.3 Å². The normalized spacial score (nSPS) is 13.6. The molecule has 0 heterocycles. The highest BCUT2D eigenvalue weighted by Gasteiger charge is 2.35. The Kier molecular flexibility index (Phi) is 4.09. The van der Waals surface area contributed by atoms with Crippen molar-refractivity contribution in [2.24, 2.45) is 0 Å². The molecule has 0 bridgehead atoms. The lowest BCUT2D eigenvalue weighted by molar-refractivity contribution is -0.142. The Hall–Kier alpha value is -1.56. The molecule has 2 rings (SSSR count). The van der Waals surface area contributed by atoms with E-state index in [1.807, 2.05) is 54.6 Å². The van der Waals surface area contributed by atoms with Gasteiger partial charge in [-0.05, 0) is 59.3 Å². The maximum Gasteiger partial charge on any atom is 0.333 e. The van der Waals surface area contributed by atoms with E-state index in [2.05, 4.69) is 27.9 Å². The summed E-state index contributed by atoms with van der Waals surface area (Å²) in [5, 5.41) is 12.6. The molecular weight excluding hydrogens is 353 g/mol. The molecule has 0 aliphatic carbocycles. The Morgan fingerprint density at radius 3 is 2.21 bits per heavy atom. The van der Waals surface area contributed by atoms with E-state index in [0.29, 0.717) is 0 Å². The van der Waals surface area contributed by atoms with Crippen LogP contribution in [0, 0.1) is 3.57 Å². The molecule has 0 amide bonds. The standard InChI is InChI=1S/C15H14INO2/c1-15(14(18)19,11-7-9-12(16)10-8-11)17-13-5-3-2-4-6-13/h2-10,17H,1H3,(H,18,19). The number of benzene rings is 2. The summed E-state index contributed by atoms with van der Waals surface area (Å²) in [5.41, 5.74) is 0.362. The number of carbonyl (C=O) groups is 1. The van der Waals surface area contributed by atoms with Crippen LogP contribution in [0.1, 0.15) is 12.5 Å². The van der Waals surface area contributed by atoms with Crippen LogP contribution >= 0.6 is 22.6 Å². The van der Waals surface area contributed by atoms with Crippen LogP contribution in [-0.4, -0.2) is 11.1 Å². The van der Waals surface area contributed by atoms with E-state index in [1.54, 1.807) is 6.92 Å². The summed E-state index contributed by atoms with van der Waals surface area (Å²) in [6, 6.07) is 16.8. The Labute approximate surface area is 125 Å². The zero-order valence-electron chi connectivity index (χ0n) is 10.4. The Balaban J connectivity index is 2.38. The molecule has 2 N–H and O–H groups in total. The number of anilines is 1. The first-order chi connectivity index (χ1) is 9.02. The summed E-state index contributed by atoms with van der Waals surface area (Å²) in [6.45, 7) is 1.67. The van der Waals surface area contributed by atoms with Crippen molar-refractivity contribution in [1.29, 1.82) is 0 Å². The lowest BCUT2D eigenvalue weighted by atomic mass is 9.92. The first kappa shape index (κ1) is 13.9. The third-order valence-corrected chi connectivity index (χ3v) is 3.74. The fraction of sp³-hybridized carbons (Fsp3) is 0.133. The molecule has 2 aromatic carbocycles. The van der Waals surface area contributed by atoms with E-state index in [9.17, 15) is 9.90 Å². The smallest absolute Gasteiger partial charge is 0.333 e. The first-order valence-electron chi connectivity index (χ1n) is 5.85. The maximum atomic E-state index is 11.6. The summed E-state index contributed by atoms with van der Waals surface area (Å²) in [6.07, 6.45) is 0. The van der Waals surface area contributed by atoms with E-state index in [1.165, 1.54) is 0 Å². The van der Waals surface area contributed by atoms with Crippen LogP contribution in [0.5, 0.6) is 0 Å². The summed E-state index contributed by atoms with van der Waals surface area (Å²) in [5.74, 6) is -0.905. The molecule has 98 valence electrons. The van der Waals surface area contributed by atoms with Crippen molar-refractivity contribution < 1.29 is 9.90 Å². The number of hydrogen-bond donors (Lipinski definition) is 2. The lowest BCUT2D eigenvalue weighted by Crippen LogP contribution is -2.40. The van der Waals surface area contributed by atoms with Crippen molar-refractivity contribution in [3.63, 3.8) is 0 Å². The fourth-order valence-corrected chi connectivity index (χ4v) is 2.20. The topological polar surface area (TPSA) is 49.3 Å². The van der Waals surface area contributed by atoms with Gasteiger partial charge in [0.1, 0.15) is 0 Å². The van der Waals surface area contributed by atoms with E-state index in [0.717, 1.165) is 14.8 Å². The van der Waals surface area contributed by atoms with Gasteiger partial charge < -0.3 is 10.4 Å². The van der Waals surface area contributed by atoms with Crippen molar-refractivity contribution in [2.45, 2.75) is 12.5 Å². The molecule has 0 spiro atoms. The number of carboxylic acids is 1. The van der Waals surface area contributed by atoms with Crippen LogP contribution in [0.15, 0.2) is 54.6 Å². The van der Waals surface area contributed by atoms with E-state index in [-0.39, 0.29) is 0 Å². The number of rotatable bonds is 4. The monoisotopic (exact) mass is 367 g/mol. The average molecular weight is 367 g/mol. The quantitative estimate of drug-likeness (QED) is 0.811. The molecule has 3 nitrogen and oxygen atoms in total. The second-order valence-electron chi connectivity index (χ2n) is 4.43. The minimum absolute atomic E-state index is 0.726. The molecule has 0 radical (unpaired) electrons. The summed E-state index contributed by atoms with van der Waals surface area (Å²) >= 11 is 2.20. The Morgan fingerprint density at radius 1 is 1.11 bits per heavy atom. The number of halogens is 1. The molecule has 0 aliphatic heterocycles. The van der Waals surface area contributed by atoms with Crippen LogP contribution in [-0.2, 0) is 10.3 Å². The second-order valence-corrected chi connectivity index (χ2v) is 5.67. The first-order valence-corrected chi connectivity index (χ1v) is 6.93. The third-order valence-electron chi connectivity index (χ3n) is 3.02. The van der Waals surface area contributed by atoms with Gasteiger partial charge in [-0.3, -0.25) is 0 Å². The molecular formula is C15H14INO2. The predicted molar refractivity (Wildman–Crippen MR) is 84.2 cm³/mol. The Morgan fingerprint density at radius 2 is 1.68 bits per heavy atom. The zero-order valence-corrected chi connectivity index (χ0v) is 12.6. The van der Waals surface area contributed by atoms with Gasteiger partial charge in [0, 0.05) is 9.26 Å². The van der Waals surface area contributed by atoms with Gasteiger partial charge in [0.2, 0.25) is 0 Å². The number of para-hydroxylation sites is 1. The summed E-state index contributed by atoms with van der Waals surface area (Å²) in [7, 11) is 0. The lowest BCUT2D eigenvalue weighted by Gasteiger charge is -2.28. The highest BCUT2D eigenvalue weighted by molar-refractivity contribution is 14.1. The molecule has 1 unspecified atom stereocenters. The number of carboxylic acid groups (broad SMARTS) is 1. The van der Waals surface area contributed by atoms with Crippen LogP contribution in [0.25, 0.3) is 0 Å². The van der Waals surface area contributed by atoms with Gasteiger partial charge in [0.05, 0.1) is 0 Å². The van der Waals surface area contributed by atoms with Crippen LogP contribution in [0.2, 0.25) is 0 Å². The van der Waals surface area contributed by atoms with Gasteiger partial charge in [-0.15, -0.1) is 0 Å². The second kappa shape index (κ2) is 5.61. The molecule has 0 saturated heterocycles. The van der Waals surface area contributed by atoms with Gasteiger partial charge in [-0.2, -0.15) is 0 Å². The van der Waals surface area contributed by atoms with E-state index >= 15 is 0 Å². The predicted octanol–water partition coefficient (Wildman–Crippen LogP) is 3.70. The highest BCUT2D eigenvalue weighted by atomic mass is 127. The average Bonchev–Trinajstić information content (AvgIpc) is 2.40. The highest BCUT2D eigenvalue weighted by Crippen LogP contribution is 2.27. The van der Waals surface area contributed by atoms with Crippen molar-refractivity contribution in [2.75, 3.05) is 5.32 Å².